The Morgan fingerprint density at radius 2 is 1.38 bits per heavy atom. The Hall–Kier alpha value is -3.37. The monoisotopic (exact) mass is 1110 g/mol. The van der Waals surface area contributed by atoms with Crippen molar-refractivity contribution in [2.45, 2.75) is 251 Å². The maximum absolute atomic E-state index is 15.5. The van der Waals surface area contributed by atoms with Gasteiger partial charge in [-0.2, -0.15) is 0 Å². The molecule has 5 aliphatic heterocycles. The van der Waals surface area contributed by atoms with Crippen molar-refractivity contribution in [3.63, 3.8) is 0 Å². The largest absolute Gasteiger partial charge is 0.511 e. The maximum Gasteiger partial charge on any atom is 0.346 e. The van der Waals surface area contributed by atoms with E-state index in [1.165, 1.54) is 6.92 Å². The quantitative estimate of drug-likeness (QED) is 0.0755. The molecule has 9 rings (SSSR count). The minimum absolute atomic E-state index is 0.00252. The summed E-state index contributed by atoms with van der Waals surface area (Å²) in [5, 5.41) is 59.5. The number of ether oxygens (including phenoxy) is 9. The van der Waals surface area contributed by atoms with E-state index in [0.717, 1.165) is 17.6 Å². The van der Waals surface area contributed by atoms with Gasteiger partial charge in [0.1, 0.15) is 23.5 Å². The predicted octanol–water partition coefficient (Wildman–Crippen LogP) is 6.72. The molecule has 27 unspecified atom stereocenters. The molecule has 0 aromatic rings. The first kappa shape index (κ1) is 60.2. The Kier molecular flexibility index (Phi) is 17.8. The molecule has 2 bridgehead atoms. The van der Waals surface area contributed by atoms with Crippen molar-refractivity contribution < 1.29 is 82.5 Å². The SMILES string of the molecule is CCC1C=CC2/C=C(\C)C(OC3CC(C)(O)C(NC(C)=O)C(C)O3)C(C)/C=C(\C)C3C=CC4C(OC5CCC(OC6CC(O)C(OC7CC(O)C(O)C(C)O7)C(C)O6)C(C)O5)C(C)CC(C)C4C3(C)/C(O)=C3/C(=O)OC2(C1)C3=O. The van der Waals surface area contributed by atoms with Crippen LogP contribution in [-0.2, 0) is 57.0 Å². The van der Waals surface area contributed by atoms with Gasteiger partial charge in [0.2, 0.25) is 11.7 Å². The molecule has 18 nitrogen and oxygen atoms in total. The molecule has 0 radical (unpaired) electrons. The second kappa shape index (κ2) is 23.4. The predicted molar refractivity (Wildman–Crippen MR) is 288 cm³/mol. The molecule has 1 spiro atoms. The zero-order valence-electron chi connectivity index (χ0n) is 48.6. The van der Waals surface area contributed by atoms with Crippen LogP contribution in [0.2, 0.25) is 0 Å². The topological polar surface area (TPSA) is 247 Å². The molecule has 9 aliphatic rings. The number of aliphatic hydroxyl groups excluding tert-OH is 4. The second-order valence-electron chi connectivity index (χ2n) is 25.7. The van der Waals surface area contributed by atoms with Crippen LogP contribution in [0.3, 0.4) is 0 Å². The molecule has 1 amide bonds. The third-order valence-corrected chi connectivity index (χ3v) is 19.6. The zero-order chi connectivity index (χ0) is 57.4. The summed E-state index contributed by atoms with van der Waals surface area (Å²) in [5.41, 5.74) is -2.79. The number of amides is 1. The van der Waals surface area contributed by atoms with E-state index in [4.69, 9.17) is 42.6 Å². The number of Topliss-reactive ketones (excluding diaryl/α,β-unsaturated/α-hetero) is 1. The van der Waals surface area contributed by atoms with Gasteiger partial charge in [-0.25, -0.2) is 4.79 Å². The van der Waals surface area contributed by atoms with Crippen LogP contribution < -0.4 is 5.32 Å². The molecule has 1 saturated carbocycles. The van der Waals surface area contributed by atoms with E-state index < -0.39 is 126 Å². The van der Waals surface area contributed by atoms with Crippen molar-refractivity contribution in [2.75, 3.05) is 0 Å². The summed E-state index contributed by atoms with van der Waals surface area (Å²) < 4.78 is 58.1. The fraction of sp³-hybridized carbons (Fsp3) is 0.787. The Morgan fingerprint density at radius 1 is 0.722 bits per heavy atom. The first-order chi connectivity index (χ1) is 37.2. The van der Waals surface area contributed by atoms with Crippen LogP contribution in [0.1, 0.15) is 141 Å². The smallest absolute Gasteiger partial charge is 0.346 e. The average molecular weight is 1110 g/mol. The molecule has 6 fully saturated rings. The van der Waals surface area contributed by atoms with Crippen molar-refractivity contribution >= 4 is 17.7 Å². The average Bonchev–Trinajstić information content (AvgIpc) is 3.63. The molecule has 79 heavy (non-hydrogen) atoms. The van der Waals surface area contributed by atoms with E-state index in [1.54, 1.807) is 27.7 Å². The lowest BCUT2D eigenvalue weighted by Gasteiger charge is -2.56. The van der Waals surface area contributed by atoms with E-state index in [9.17, 15) is 35.1 Å². The first-order valence-corrected chi connectivity index (χ1v) is 29.4. The van der Waals surface area contributed by atoms with E-state index in [0.29, 0.717) is 19.3 Å². The molecule has 18 heteroatoms. The van der Waals surface area contributed by atoms with E-state index in [1.807, 2.05) is 46.8 Å². The molecule has 6 N–H and O–H groups in total. The number of allylic oxidation sites excluding steroid dienone is 4. The van der Waals surface area contributed by atoms with Gasteiger partial charge >= 0.3 is 5.97 Å². The first-order valence-electron chi connectivity index (χ1n) is 29.4. The molecule has 0 aromatic heterocycles. The van der Waals surface area contributed by atoms with Crippen molar-refractivity contribution in [2.24, 2.45) is 52.8 Å². The highest BCUT2D eigenvalue weighted by atomic mass is 16.7. The van der Waals surface area contributed by atoms with Gasteiger partial charge in [-0.1, -0.05) is 76.6 Å². The standard InChI is InChI=1S/C61H91NO17/c1-14-38-15-16-39-23-32(6)52(78-48-27-59(12,70)55(36(10)74-48)62-37(11)63)30(4)21-28(2)41-18-17-40-50(60(41,13)56(67)49-57(68)61(39,26-38)79-58(49)69)29(3)22-31(5)53(40)76-45-20-19-44(33(7)71-45)75-46-25-43(65)54(35(9)73-46)77-47-24-42(64)51(66)34(8)72-47/h15-18,21,23,29-31,33-36,38-48,50-55,64-67,70H,14,19-20,22,24-27H2,1-13H3,(H,62,63)/b28-21+,32-23+,56-49-. The Bertz CT molecular complexity index is 2390. The van der Waals surface area contributed by atoms with Crippen LogP contribution in [0, 0.1) is 52.8 Å². The summed E-state index contributed by atoms with van der Waals surface area (Å²) in [7, 11) is 0. The molecular formula is C61H91NO17. The molecule has 4 aliphatic carbocycles. The van der Waals surface area contributed by atoms with Gasteiger partial charge in [-0.05, 0) is 97.0 Å². The van der Waals surface area contributed by atoms with Crippen LogP contribution in [0.5, 0.6) is 0 Å². The highest BCUT2D eigenvalue weighted by Crippen LogP contribution is 2.61. The normalized spacial score (nSPS) is 51.7. The van der Waals surface area contributed by atoms with Gasteiger partial charge in [0, 0.05) is 68.1 Å². The van der Waals surface area contributed by atoms with Crippen molar-refractivity contribution in [3.05, 3.63) is 58.9 Å². The Balaban J connectivity index is 0.978. The summed E-state index contributed by atoms with van der Waals surface area (Å²) >= 11 is 0. The number of aliphatic hydroxyl groups is 5. The number of hydrogen-bond donors (Lipinski definition) is 6. The highest BCUT2D eigenvalue weighted by molar-refractivity contribution is 6.26. The number of nitrogens with one attached hydrogen (secondary N) is 1. The van der Waals surface area contributed by atoms with Gasteiger partial charge in [-0.15, -0.1) is 0 Å². The lowest BCUT2D eigenvalue weighted by molar-refractivity contribution is -0.328. The summed E-state index contributed by atoms with van der Waals surface area (Å²) in [6.07, 6.45) is 5.22. The summed E-state index contributed by atoms with van der Waals surface area (Å²) in [6, 6.07) is -0.666. The summed E-state index contributed by atoms with van der Waals surface area (Å²) in [5.74, 6) is -3.97. The number of ketones is 1. The number of esters is 1. The van der Waals surface area contributed by atoms with Gasteiger partial charge in [0.25, 0.3) is 0 Å². The van der Waals surface area contributed by atoms with Gasteiger partial charge in [0.05, 0.1) is 66.6 Å². The number of hydrogen-bond acceptors (Lipinski definition) is 17. The van der Waals surface area contributed by atoms with Crippen molar-refractivity contribution in [1.82, 2.24) is 5.32 Å². The molecule has 0 aromatic carbocycles. The number of carbonyl (C=O) groups excluding carboxylic acids is 3. The molecular weight excluding hydrogens is 1020 g/mol. The van der Waals surface area contributed by atoms with E-state index in [-0.39, 0.29) is 90.6 Å². The van der Waals surface area contributed by atoms with Gasteiger partial charge < -0.3 is 73.5 Å². The maximum atomic E-state index is 15.5. The van der Waals surface area contributed by atoms with Crippen LogP contribution in [-0.4, -0.2) is 153 Å². The molecule has 5 saturated heterocycles. The summed E-state index contributed by atoms with van der Waals surface area (Å²) in [6.45, 7) is 24.7. The van der Waals surface area contributed by atoms with Crippen LogP contribution >= 0.6 is 0 Å². The Morgan fingerprint density at radius 3 is 2.04 bits per heavy atom. The molecule has 27 atom stereocenters. The summed E-state index contributed by atoms with van der Waals surface area (Å²) in [4.78, 5) is 42.4. The second-order valence-corrected chi connectivity index (χ2v) is 25.7. The number of rotatable bonds is 10. The van der Waals surface area contributed by atoms with Crippen LogP contribution in [0.15, 0.2) is 58.9 Å². The van der Waals surface area contributed by atoms with Gasteiger partial charge in [-0.3, -0.25) is 9.59 Å². The van der Waals surface area contributed by atoms with E-state index >= 15 is 4.79 Å². The minimum Gasteiger partial charge on any atom is -0.511 e. The number of fused-ring (bicyclic) bond motifs is 4. The Labute approximate surface area is 466 Å². The third kappa shape index (κ3) is 11.5. The zero-order valence-corrected chi connectivity index (χ0v) is 48.6. The fourth-order valence-corrected chi connectivity index (χ4v) is 15.6. The van der Waals surface area contributed by atoms with Gasteiger partial charge in [0.15, 0.2) is 30.8 Å². The number of carbonyl (C=O) groups is 3. The van der Waals surface area contributed by atoms with E-state index in [2.05, 4.69) is 50.4 Å². The van der Waals surface area contributed by atoms with Crippen LogP contribution in [0.4, 0.5) is 0 Å². The fourth-order valence-electron chi connectivity index (χ4n) is 15.6. The van der Waals surface area contributed by atoms with Crippen LogP contribution in [0.25, 0.3) is 0 Å². The van der Waals surface area contributed by atoms with Crippen molar-refractivity contribution in [3.8, 4) is 0 Å². The highest BCUT2D eigenvalue weighted by Gasteiger charge is 2.63. The minimum atomic E-state index is -1.62. The van der Waals surface area contributed by atoms with Crippen molar-refractivity contribution in [1.29, 1.82) is 0 Å². The lowest BCUT2D eigenvalue weighted by Crippen LogP contribution is -2.62. The molecule has 442 valence electrons. The third-order valence-electron chi connectivity index (χ3n) is 19.6. The lowest BCUT2D eigenvalue weighted by atomic mass is 9.49. The molecule has 5 heterocycles.